The van der Waals surface area contributed by atoms with Gasteiger partial charge in [-0.15, -0.1) is 0 Å². The third-order valence-corrected chi connectivity index (χ3v) is 5.36. The molecule has 0 aliphatic rings. The molecule has 7 heteroatoms. The predicted molar refractivity (Wildman–Crippen MR) is 107 cm³/mol. The molecular weight excluding hydrogens is 364 g/mol. The maximum absolute atomic E-state index is 12.6. The van der Waals surface area contributed by atoms with Crippen molar-refractivity contribution in [3.8, 4) is 5.75 Å². The van der Waals surface area contributed by atoms with E-state index in [1.807, 2.05) is 13.8 Å². The molecule has 0 bridgehead atoms. The van der Waals surface area contributed by atoms with Crippen molar-refractivity contribution in [1.29, 1.82) is 0 Å². The van der Waals surface area contributed by atoms with Crippen LogP contribution in [0.1, 0.15) is 24.5 Å². The zero-order valence-electron chi connectivity index (χ0n) is 16.2. The molecule has 0 fully saturated rings. The van der Waals surface area contributed by atoms with Gasteiger partial charge in [0.05, 0.1) is 17.9 Å². The van der Waals surface area contributed by atoms with E-state index < -0.39 is 10.0 Å². The molecule has 27 heavy (non-hydrogen) atoms. The first kappa shape index (κ1) is 20.8. The molecule has 0 aliphatic heterocycles. The van der Waals surface area contributed by atoms with Gasteiger partial charge in [-0.25, -0.2) is 8.42 Å². The van der Waals surface area contributed by atoms with Gasteiger partial charge in [0, 0.05) is 19.8 Å². The standard InChI is InChI=1S/C20H26N2O4S/c1-5-12-26-19-11-10-18(13-15(19)2)27(24,25)21-17-8-6-16(7-9-17)14-20(23)22(3)4/h6-11,13,21H,5,12,14H2,1-4H3. The topological polar surface area (TPSA) is 75.7 Å². The Labute approximate surface area is 161 Å². The summed E-state index contributed by atoms with van der Waals surface area (Å²) in [7, 11) is -0.304. The van der Waals surface area contributed by atoms with Crippen molar-refractivity contribution in [3.63, 3.8) is 0 Å². The van der Waals surface area contributed by atoms with E-state index >= 15 is 0 Å². The second-order valence-electron chi connectivity index (χ2n) is 6.54. The first-order valence-electron chi connectivity index (χ1n) is 8.78. The molecule has 146 valence electrons. The Morgan fingerprint density at radius 2 is 1.78 bits per heavy atom. The van der Waals surface area contributed by atoms with Crippen molar-refractivity contribution in [2.45, 2.75) is 31.6 Å². The highest BCUT2D eigenvalue weighted by Crippen LogP contribution is 2.24. The van der Waals surface area contributed by atoms with Gasteiger partial charge in [0.15, 0.2) is 0 Å². The number of anilines is 1. The SMILES string of the molecule is CCCOc1ccc(S(=O)(=O)Nc2ccc(CC(=O)N(C)C)cc2)cc1C. The van der Waals surface area contributed by atoms with E-state index in [-0.39, 0.29) is 17.2 Å². The van der Waals surface area contributed by atoms with Gasteiger partial charge in [0.2, 0.25) is 5.91 Å². The number of carbonyl (C=O) groups excluding carboxylic acids is 1. The smallest absolute Gasteiger partial charge is 0.261 e. The second-order valence-corrected chi connectivity index (χ2v) is 8.23. The number of ether oxygens (including phenoxy) is 1. The molecule has 1 N–H and O–H groups in total. The van der Waals surface area contributed by atoms with Crippen molar-refractivity contribution in [1.82, 2.24) is 4.90 Å². The zero-order chi connectivity index (χ0) is 20.0. The van der Waals surface area contributed by atoms with Crippen LogP contribution in [0.4, 0.5) is 5.69 Å². The first-order valence-corrected chi connectivity index (χ1v) is 10.3. The van der Waals surface area contributed by atoms with Crippen molar-refractivity contribution < 1.29 is 17.9 Å². The average Bonchev–Trinajstić information content (AvgIpc) is 2.62. The summed E-state index contributed by atoms with van der Waals surface area (Å²) >= 11 is 0. The molecule has 0 saturated heterocycles. The van der Waals surface area contributed by atoms with Crippen molar-refractivity contribution in [2.75, 3.05) is 25.4 Å². The van der Waals surface area contributed by atoms with Gasteiger partial charge in [-0.1, -0.05) is 19.1 Å². The number of aryl methyl sites for hydroxylation is 1. The molecule has 0 radical (unpaired) electrons. The van der Waals surface area contributed by atoms with E-state index in [9.17, 15) is 13.2 Å². The number of sulfonamides is 1. The summed E-state index contributed by atoms with van der Waals surface area (Å²) in [6.07, 6.45) is 1.16. The summed E-state index contributed by atoms with van der Waals surface area (Å²) in [5, 5.41) is 0. The number of carbonyl (C=O) groups is 1. The summed E-state index contributed by atoms with van der Waals surface area (Å²) in [4.78, 5) is 13.4. The second kappa shape index (κ2) is 8.90. The minimum Gasteiger partial charge on any atom is -0.493 e. The maximum Gasteiger partial charge on any atom is 0.261 e. The Kier molecular flexibility index (Phi) is 6.85. The summed E-state index contributed by atoms with van der Waals surface area (Å²) in [6.45, 7) is 4.42. The molecular formula is C20H26N2O4S. The molecule has 0 aromatic heterocycles. The summed E-state index contributed by atoms with van der Waals surface area (Å²) in [6, 6.07) is 11.6. The van der Waals surface area contributed by atoms with Crippen LogP contribution in [0.2, 0.25) is 0 Å². The molecule has 2 rings (SSSR count). The average molecular weight is 391 g/mol. The molecule has 0 heterocycles. The lowest BCUT2D eigenvalue weighted by molar-refractivity contribution is -0.127. The number of nitrogens with one attached hydrogen (secondary N) is 1. The van der Waals surface area contributed by atoms with Crippen molar-refractivity contribution in [2.24, 2.45) is 0 Å². The molecule has 0 saturated carbocycles. The molecule has 6 nitrogen and oxygen atoms in total. The third kappa shape index (κ3) is 5.72. The minimum atomic E-state index is -3.70. The Morgan fingerprint density at radius 3 is 2.33 bits per heavy atom. The highest BCUT2D eigenvalue weighted by Gasteiger charge is 2.16. The molecule has 2 aromatic carbocycles. The van der Waals surface area contributed by atoms with Gasteiger partial charge in [-0.2, -0.15) is 0 Å². The monoisotopic (exact) mass is 390 g/mol. The number of likely N-dealkylation sites (N-methyl/N-ethyl adjacent to an activating group) is 1. The van der Waals surface area contributed by atoms with Crippen LogP contribution >= 0.6 is 0 Å². The third-order valence-electron chi connectivity index (χ3n) is 3.98. The molecule has 0 atom stereocenters. The van der Waals surface area contributed by atoms with Crippen LogP contribution in [0.5, 0.6) is 5.75 Å². The Morgan fingerprint density at radius 1 is 1.11 bits per heavy atom. The predicted octanol–water partition coefficient (Wildman–Crippen LogP) is 3.22. The fourth-order valence-corrected chi connectivity index (χ4v) is 3.54. The van der Waals surface area contributed by atoms with Crippen LogP contribution in [0.3, 0.4) is 0 Å². The maximum atomic E-state index is 12.6. The van der Waals surface area contributed by atoms with Crippen LogP contribution in [0.25, 0.3) is 0 Å². The minimum absolute atomic E-state index is 0.0100. The lowest BCUT2D eigenvalue weighted by Gasteiger charge is -2.13. The fourth-order valence-electron chi connectivity index (χ4n) is 2.40. The van der Waals surface area contributed by atoms with Gasteiger partial charge in [0.1, 0.15) is 5.75 Å². The van der Waals surface area contributed by atoms with Crippen molar-refractivity contribution in [3.05, 3.63) is 53.6 Å². The number of hydrogen-bond acceptors (Lipinski definition) is 4. The number of hydrogen-bond donors (Lipinski definition) is 1. The molecule has 1 amide bonds. The summed E-state index contributed by atoms with van der Waals surface area (Å²) in [5.41, 5.74) is 2.04. The number of amides is 1. The Bertz CT molecular complexity index is 891. The van der Waals surface area contributed by atoms with Crippen LogP contribution in [-0.2, 0) is 21.2 Å². The van der Waals surface area contributed by atoms with Gasteiger partial charge in [-0.3, -0.25) is 9.52 Å². The van der Waals surface area contributed by atoms with Crippen LogP contribution in [0.15, 0.2) is 47.4 Å². The lowest BCUT2D eigenvalue weighted by Crippen LogP contribution is -2.23. The van der Waals surface area contributed by atoms with Crippen LogP contribution in [0, 0.1) is 6.92 Å². The molecule has 2 aromatic rings. The molecule has 0 unspecified atom stereocenters. The highest BCUT2D eigenvalue weighted by molar-refractivity contribution is 7.92. The van der Waals surface area contributed by atoms with Crippen LogP contribution < -0.4 is 9.46 Å². The summed E-state index contributed by atoms with van der Waals surface area (Å²) < 4.78 is 33.4. The van der Waals surface area contributed by atoms with E-state index in [0.717, 1.165) is 17.5 Å². The van der Waals surface area contributed by atoms with Gasteiger partial charge in [-0.05, 0) is 54.8 Å². The van der Waals surface area contributed by atoms with Gasteiger partial charge < -0.3 is 9.64 Å². The molecule has 0 aliphatic carbocycles. The number of benzene rings is 2. The highest BCUT2D eigenvalue weighted by atomic mass is 32.2. The number of rotatable bonds is 8. The first-order chi connectivity index (χ1) is 12.7. The van der Waals surface area contributed by atoms with E-state index in [1.54, 1.807) is 50.5 Å². The van der Waals surface area contributed by atoms with Gasteiger partial charge >= 0.3 is 0 Å². The van der Waals surface area contributed by atoms with E-state index in [4.69, 9.17) is 4.74 Å². The van der Waals surface area contributed by atoms with E-state index in [0.29, 0.717) is 18.0 Å². The van der Waals surface area contributed by atoms with Gasteiger partial charge in [0.25, 0.3) is 10.0 Å². The van der Waals surface area contributed by atoms with Crippen LogP contribution in [-0.4, -0.2) is 39.9 Å². The number of nitrogens with zero attached hydrogens (tertiary/aromatic N) is 1. The summed E-state index contributed by atoms with van der Waals surface area (Å²) in [5.74, 6) is 0.676. The Balaban J connectivity index is 2.11. The van der Waals surface area contributed by atoms with E-state index in [2.05, 4.69) is 4.72 Å². The quantitative estimate of drug-likeness (QED) is 0.751. The fraction of sp³-hybridized carbons (Fsp3) is 0.350. The largest absolute Gasteiger partial charge is 0.493 e. The molecule has 0 spiro atoms. The van der Waals surface area contributed by atoms with E-state index in [1.165, 1.54) is 11.0 Å². The zero-order valence-corrected chi connectivity index (χ0v) is 17.0. The lowest BCUT2D eigenvalue weighted by atomic mass is 10.1. The Hall–Kier alpha value is -2.54. The normalized spacial score (nSPS) is 11.1. The van der Waals surface area contributed by atoms with Crippen molar-refractivity contribution >= 4 is 21.6 Å².